The van der Waals surface area contributed by atoms with Crippen molar-refractivity contribution in [2.75, 3.05) is 45.8 Å². The van der Waals surface area contributed by atoms with Crippen molar-refractivity contribution in [1.82, 2.24) is 20.0 Å². The summed E-state index contributed by atoms with van der Waals surface area (Å²) in [6, 6.07) is 4.86. The number of hydrogen-bond donors (Lipinski definition) is 2. The average Bonchev–Trinajstić information content (AvgIpc) is 2.85. The molecule has 188 valence electrons. The summed E-state index contributed by atoms with van der Waals surface area (Å²) in [4.78, 5) is 52.4. The van der Waals surface area contributed by atoms with Gasteiger partial charge in [0.25, 0.3) is 5.69 Å². The van der Waals surface area contributed by atoms with Crippen molar-refractivity contribution in [2.24, 2.45) is 11.8 Å². The summed E-state index contributed by atoms with van der Waals surface area (Å²) in [5, 5.41) is 23.8. The highest BCUT2D eigenvalue weighted by molar-refractivity contribution is 5.92. The summed E-state index contributed by atoms with van der Waals surface area (Å²) < 4.78 is 0. The van der Waals surface area contributed by atoms with Gasteiger partial charge in [-0.1, -0.05) is 0 Å². The summed E-state index contributed by atoms with van der Waals surface area (Å²) in [6.45, 7) is 3.80. The van der Waals surface area contributed by atoms with E-state index in [1.165, 1.54) is 23.1 Å². The molecule has 0 aliphatic carbocycles. The number of amides is 3. The Labute approximate surface area is 203 Å². The number of urea groups is 1. The van der Waals surface area contributed by atoms with Gasteiger partial charge >= 0.3 is 12.0 Å². The number of carboxylic acids is 1. The van der Waals surface area contributed by atoms with Crippen LogP contribution in [0.5, 0.6) is 0 Å². The zero-order valence-electron chi connectivity index (χ0n) is 19.5. The van der Waals surface area contributed by atoms with Crippen LogP contribution in [0.1, 0.15) is 24.8 Å². The molecule has 3 aliphatic rings. The molecule has 0 unspecified atom stereocenters. The van der Waals surface area contributed by atoms with Crippen LogP contribution in [0.15, 0.2) is 30.3 Å². The van der Waals surface area contributed by atoms with E-state index in [0.717, 1.165) is 32.4 Å². The second-order valence-corrected chi connectivity index (χ2v) is 9.40. The Bertz CT molecular complexity index is 983. The van der Waals surface area contributed by atoms with Gasteiger partial charge in [-0.15, -0.1) is 0 Å². The Morgan fingerprint density at radius 3 is 2.29 bits per heavy atom. The molecule has 0 spiro atoms. The monoisotopic (exact) mass is 485 g/mol. The Hall–Kier alpha value is -3.47. The molecule has 11 nitrogen and oxygen atoms in total. The second-order valence-electron chi connectivity index (χ2n) is 9.40. The van der Waals surface area contributed by atoms with Crippen LogP contribution in [0.4, 0.5) is 10.5 Å². The number of piperazine rings is 1. The van der Waals surface area contributed by atoms with Crippen molar-refractivity contribution in [3.05, 3.63) is 46.0 Å². The number of hydrogen-bond acceptors (Lipinski definition) is 6. The predicted molar refractivity (Wildman–Crippen MR) is 128 cm³/mol. The number of piperidine rings is 1. The van der Waals surface area contributed by atoms with Gasteiger partial charge < -0.3 is 25.1 Å². The van der Waals surface area contributed by atoms with Crippen LogP contribution in [0.25, 0.3) is 6.08 Å². The highest BCUT2D eigenvalue weighted by Gasteiger charge is 2.48. The topological polar surface area (TPSA) is 136 Å². The number of nitrogens with one attached hydrogen (secondary N) is 1. The number of rotatable bonds is 6. The van der Waals surface area contributed by atoms with Crippen LogP contribution in [-0.4, -0.2) is 94.5 Å². The maximum Gasteiger partial charge on any atom is 0.326 e. The molecule has 0 aromatic heterocycles. The van der Waals surface area contributed by atoms with Crippen molar-refractivity contribution in [1.29, 1.82) is 0 Å². The van der Waals surface area contributed by atoms with E-state index >= 15 is 0 Å². The first-order valence-electron chi connectivity index (χ1n) is 12.0. The molecular weight excluding hydrogens is 454 g/mol. The number of likely N-dealkylation sites (tertiary alicyclic amines) is 1. The zero-order valence-corrected chi connectivity index (χ0v) is 19.5. The molecule has 1 aromatic rings. The molecule has 3 saturated heterocycles. The molecule has 3 amide bonds. The number of carbonyl (C=O) groups excluding carboxylic acids is 2. The molecule has 11 heteroatoms. The molecule has 2 N–H and O–H groups in total. The maximum absolute atomic E-state index is 13.0. The SMILES string of the molecule is O=C(O)[C@@H]1[C@@H](CC2CCNCC2)CN1C(=O)N1CCN(C(=O)/C=C/c2ccc([N+](=O)[O-])cc2)CC1. The Balaban J connectivity index is 1.26. The van der Waals surface area contributed by atoms with E-state index in [0.29, 0.717) is 44.2 Å². The van der Waals surface area contributed by atoms with Crippen LogP contribution < -0.4 is 5.32 Å². The number of non-ortho nitro benzene ring substituents is 1. The van der Waals surface area contributed by atoms with E-state index < -0.39 is 16.9 Å². The Morgan fingerprint density at radius 1 is 1.06 bits per heavy atom. The first-order chi connectivity index (χ1) is 16.8. The molecule has 3 fully saturated rings. The maximum atomic E-state index is 13.0. The molecule has 2 atom stereocenters. The van der Waals surface area contributed by atoms with Crippen molar-refractivity contribution in [3.8, 4) is 0 Å². The lowest BCUT2D eigenvalue weighted by molar-refractivity contribution is -0.384. The summed E-state index contributed by atoms with van der Waals surface area (Å²) in [7, 11) is 0. The summed E-state index contributed by atoms with van der Waals surface area (Å²) in [5.74, 6) is -0.653. The van der Waals surface area contributed by atoms with E-state index in [-0.39, 0.29) is 23.5 Å². The first-order valence-corrected chi connectivity index (χ1v) is 12.0. The third-order valence-electron chi connectivity index (χ3n) is 7.19. The van der Waals surface area contributed by atoms with Gasteiger partial charge in [0.15, 0.2) is 0 Å². The van der Waals surface area contributed by atoms with E-state index in [9.17, 15) is 29.6 Å². The largest absolute Gasteiger partial charge is 0.480 e. The standard InChI is InChI=1S/C24H31N5O6/c30-21(6-3-17-1-4-20(5-2-17)29(34)35)26-11-13-27(14-12-26)24(33)28-16-19(22(28)23(31)32)15-18-7-9-25-10-8-18/h1-6,18-19,22,25H,7-16H2,(H,31,32)/b6-3+/t19-,22-/m0/s1. The number of benzene rings is 1. The van der Waals surface area contributed by atoms with Crippen molar-refractivity contribution >= 4 is 29.7 Å². The number of nitro groups is 1. The van der Waals surface area contributed by atoms with Gasteiger partial charge in [-0.2, -0.15) is 0 Å². The number of carboxylic acid groups (broad SMARTS) is 1. The lowest BCUT2D eigenvalue weighted by atomic mass is 9.78. The lowest BCUT2D eigenvalue weighted by Crippen LogP contribution is -2.66. The van der Waals surface area contributed by atoms with Crippen molar-refractivity contribution in [3.63, 3.8) is 0 Å². The number of carbonyl (C=O) groups is 3. The van der Waals surface area contributed by atoms with E-state index in [1.54, 1.807) is 28.0 Å². The van der Waals surface area contributed by atoms with Crippen LogP contribution in [0.2, 0.25) is 0 Å². The van der Waals surface area contributed by atoms with Crippen LogP contribution >= 0.6 is 0 Å². The highest BCUT2D eigenvalue weighted by atomic mass is 16.6. The molecule has 1 aromatic carbocycles. The first kappa shape index (κ1) is 24.6. The molecule has 0 radical (unpaired) electrons. The normalized spacial score (nSPS) is 23.3. The zero-order chi connectivity index (χ0) is 24.9. The highest BCUT2D eigenvalue weighted by Crippen LogP contribution is 2.34. The lowest BCUT2D eigenvalue weighted by Gasteiger charge is -2.49. The van der Waals surface area contributed by atoms with Crippen molar-refractivity contribution in [2.45, 2.75) is 25.3 Å². The smallest absolute Gasteiger partial charge is 0.326 e. The minimum atomic E-state index is -0.950. The van der Waals surface area contributed by atoms with Gasteiger partial charge in [0.1, 0.15) is 6.04 Å². The number of nitro benzene ring substituents is 1. The van der Waals surface area contributed by atoms with Gasteiger partial charge in [-0.25, -0.2) is 9.59 Å². The number of nitrogens with zero attached hydrogens (tertiary/aromatic N) is 4. The fourth-order valence-corrected chi connectivity index (χ4v) is 5.14. The van der Waals surface area contributed by atoms with Gasteiger partial charge in [0, 0.05) is 56.9 Å². The molecule has 0 saturated carbocycles. The third-order valence-corrected chi connectivity index (χ3v) is 7.19. The fourth-order valence-electron chi connectivity index (χ4n) is 5.14. The molecule has 3 aliphatic heterocycles. The molecule has 3 heterocycles. The minimum Gasteiger partial charge on any atom is -0.480 e. The molecular formula is C24H31N5O6. The third kappa shape index (κ3) is 5.79. The molecule has 35 heavy (non-hydrogen) atoms. The Kier molecular flexibility index (Phi) is 7.64. The van der Waals surface area contributed by atoms with Gasteiger partial charge in [0.05, 0.1) is 4.92 Å². The van der Waals surface area contributed by atoms with Crippen LogP contribution in [-0.2, 0) is 9.59 Å². The predicted octanol–water partition coefficient (Wildman–Crippen LogP) is 1.65. The second kappa shape index (κ2) is 10.9. The number of aliphatic carboxylic acids is 1. The summed E-state index contributed by atoms with van der Waals surface area (Å²) in [6.07, 6.45) is 5.95. The summed E-state index contributed by atoms with van der Waals surface area (Å²) >= 11 is 0. The van der Waals surface area contributed by atoms with Crippen molar-refractivity contribution < 1.29 is 24.4 Å². The minimum absolute atomic E-state index is 0.00743. The molecule has 4 rings (SSSR count). The average molecular weight is 486 g/mol. The summed E-state index contributed by atoms with van der Waals surface area (Å²) in [5.41, 5.74) is 0.661. The van der Waals surface area contributed by atoms with E-state index in [1.807, 2.05) is 0 Å². The quantitative estimate of drug-likeness (QED) is 0.355. The van der Waals surface area contributed by atoms with Crippen LogP contribution in [0, 0.1) is 22.0 Å². The Morgan fingerprint density at radius 2 is 1.69 bits per heavy atom. The van der Waals surface area contributed by atoms with E-state index in [2.05, 4.69) is 5.32 Å². The van der Waals surface area contributed by atoms with Crippen LogP contribution in [0.3, 0.4) is 0 Å². The fraction of sp³-hybridized carbons (Fsp3) is 0.542. The molecule has 0 bridgehead atoms. The van der Waals surface area contributed by atoms with Gasteiger partial charge in [-0.3, -0.25) is 14.9 Å². The van der Waals surface area contributed by atoms with Gasteiger partial charge in [0.2, 0.25) is 5.91 Å². The van der Waals surface area contributed by atoms with Gasteiger partial charge in [-0.05, 0) is 62.0 Å². The van der Waals surface area contributed by atoms with E-state index in [4.69, 9.17) is 0 Å².